The molecule has 2 aliphatic carbocycles. The van der Waals surface area contributed by atoms with Crippen molar-refractivity contribution in [2.75, 3.05) is 13.1 Å². The van der Waals surface area contributed by atoms with Crippen molar-refractivity contribution in [2.24, 2.45) is 17.8 Å². The van der Waals surface area contributed by atoms with E-state index in [-0.39, 0.29) is 11.7 Å². The number of hydrogen-bond donors (Lipinski definition) is 1. The highest BCUT2D eigenvalue weighted by molar-refractivity contribution is 5.29. The van der Waals surface area contributed by atoms with E-state index in [1.165, 1.54) is 44.2 Å². The lowest BCUT2D eigenvalue weighted by Gasteiger charge is -2.45. The third-order valence-corrected chi connectivity index (χ3v) is 7.79. The Kier molecular flexibility index (Phi) is 9.32. The molecule has 0 radical (unpaired) electrons. The van der Waals surface area contributed by atoms with Gasteiger partial charge in [0.15, 0.2) is 0 Å². The van der Waals surface area contributed by atoms with E-state index in [4.69, 9.17) is 0 Å². The summed E-state index contributed by atoms with van der Waals surface area (Å²) in [5.74, 6) is 2.07. The minimum atomic E-state index is -4.31. The van der Waals surface area contributed by atoms with Crippen molar-refractivity contribution in [3.8, 4) is 0 Å². The summed E-state index contributed by atoms with van der Waals surface area (Å²) in [7, 11) is 0. The Balaban J connectivity index is 1.85. The van der Waals surface area contributed by atoms with E-state index in [9.17, 15) is 18.3 Å². The molecule has 0 aromatic heterocycles. The Morgan fingerprint density at radius 3 is 2.27 bits per heavy atom. The molecular weight excluding hydrogens is 423 g/mol. The summed E-state index contributed by atoms with van der Waals surface area (Å²) in [6, 6.07) is 6.20. The van der Waals surface area contributed by atoms with Crippen molar-refractivity contribution in [1.82, 2.24) is 4.90 Å². The van der Waals surface area contributed by atoms with Crippen LogP contribution in [0, 0.1) is 17.8 Å². The largest absolute Gasteiger partial charge is 0.513 e. The summed E-state index contributed by atoms with van der Waals surface area (Å²) >= 11 is 0. The molecular formula is C28H42F3NO. The Bertz CT molecular complexity index is 737. The molecule has 2 aliphatic rings. The van der Waals surface area contributed by atoms with Gasteiger partial charge in [-0.3, -0.25) is 4.90 Å². The number of halogens is 3. The molecule has 0 bridgehead atoms. The van der Waals surface area contributed by atoms with Gasteiger partial charge in [0.1, 0.15) is 0 Å². The number of benzene rings is 1. The van der Waals surface area contributed by atoms with Crippen molar-refractivity contribution < 1.29 is 18.3 Å². The lowest BCUT2D eigenvalue weighted by Crippen LogP contribution is -2.46. The fraction of sp³-hybridized carbons (Fsp3) is 0.714. The van der Waals surface area contributed by atoms with Gasteiger partial charge in [-0.2, -0.15) is 13.2 Å². The van der Waals surface area contributed by atoms with Crippen molar-refractivity contribution in [1.29, 1.82) is 0 Å². The Morgan fingerprint density at radius 2 is 1.70 bits per heavy atom. The van der Waals surface area contributed by atoms with Crippen LogP contribution in [-0.2, 0) is 6.18 Å². The number of rotatable bonds is 9. The third kappa shape index (κ3) is 7.77. The van der Waals surface area contributed by atoms with E-state index in [0.29, 0.717) is 24.3 Å². The molecule has 33 heavy (non-hydrogen) atoms. The van der Waals surface area contributed by atoms with Gasteiger partial charge in [-0.1, -0.05) is 51.8 Å². The van der Waals surface area contributed by atoms with Crippen molar-refractivity contribution in [3.05, 3.63) is 47.7 Å². The molecule has 0 amide bonds. The second-order valence-corrected chi connectivity index (χ2v) is 10.9. The molecule has 0 aliphatic heterocycles. The van der Waals surface area contributed by atoms with Gasteiger partial charge in [0.25, 0.3) is 0 Å². The van der Waals surface area contributed by atoms with Crippen LogP contribution in [0.5, 0.6) is 0 Å². The molecule has 2 nitrogen and oxygen atoms in total. The molecule has 1 aromatic rings. The highest BCUT2D eigenvalue weighted by Gasteiger charge is 2.37. The average molecular weight is 466 g/mol. The first-order chi connectivity index (χ1) is 15.6. The molecule has 3 unspecified atom stereocenters. The normalized spacial score (nSPS) is 25.0. The van der Waals surface area contributed by atoms with Crippen LogP contribution in [0.2, 0.25) is 0 Å². The van der Waals surface area contributed by atoms with Crippen molar-refractivity contribution in [3.63, 3.8) is 0 Å². The van der Waals surface area contributed by atoms with E-state index in [1.807, 2.05) is 0 Å². The van der Waals surface area contributed by atoms with Gasteiger partial charge >= 0.3 is 6.18 Å². The lowest BCUT2D eigenvalue weighted by molar-refractivity contribution is -0.137. The number of aliphatic hydroxyl groups is 1. The zero-order valence-electron chi connectivity index (χ0n) is 20.4. The average Bonchev–Trinajstić information content (AvgIpc) is 2.76. The molecule has 3 atom stereocenters. The monoisotopic (exact) mass is 465 g/mol. The van der Waals surface area contributed by atoms with Crippen molar-refractivity contribution in [2.45, 2.75) is 96.2 Å². The SMILES string of the molecule is C=C(O)CC1CCC(N(CCC(C)C)CC2CCCCC2)C(c2ccc(C(F)(F)F)cc2)C1. The van der Waals surface area contributed by atoms with Gasteiger partial charge in [-0.05, 0) is 86.4 Å². The topological polar surface area (TPSA) is 23.5 Å². The molecule has 1 aromatic carbocycles. The van der Waals surface area contributed by atoms with E-state index in [0.717, 1.165) is 50.3 Å². The first-order valence-electron chi connectivity index (χ1n) is 12.9. The van der Waals surface area contributed by atoms with Gasteiger partial charge in [0, 0.05) is 19.0 Å². The minimum Gasteiger partial charge on any atom is -0.513 e. The van der Waals surface area contributed by atoms with Crippen LogP contribution in [-0.4, -0.2) is 29.1 Å². The van der Waals surface area contributed by atoms with Crippen LogP contribution >= 0.6 is 0 Å². The first kappa shape index (κ1) is 26.1. The fourth-order valence-electron chi connectivity index (χ4n) is 5.99. The maximum atomic E-state index is 13.2. The highest BCUT2D eigenvalue weighted by atomic mass is 19.4. The van der Waals surface area contributed by atoms with Crippen LogP contribution < -0.4 is 0 Å². The summed E-state index contributed by atoms with van der Waals surface area (Å²) < 4.78 is 39.5. The molecule has 1 N–H and O–H groups in total. The molecule has 186 valence electrons. The molecule has 2 saturated carbocycles. The number of allylic oxidation sites excluding steroid dienone is 1. The standard InChI is InChI=1S/C28H42F3NO/c1-20(2)15-16-32(19-22-7-5-4-6-8-22)27-14-9-23(17-21(3)33)18-26(27)24-10-12-25(13-11-24)28(29,30)31/h10-13,20,22-23,26-27,33H,3-9,14-19H2,1-2H3. The maximum absolute atomic E-state index is 13.2. The maximum Gasteiger partial charge on any atom is 0.416 e. The van der Waals surface area contributed by atoms with Gasteiger partial charge in [0.05, 0.1) is 11.3 Å². The van der Waals surface area contributed by atoms with Crippen LogP contribution in [0.15, 0.2) is 36.6 Å². The van der Waals surface area contributed by atoms with Gasteiger partial charge in [-0.15, -0.1) is 0 Å². The summed E-state index contributed by atoms with van der Waals surface area (Å²) in [5.41, 5.74) is 0.414. The highest BCUT2D eigenvalue weighted by Crippen LogP contribution is 2.42. The summed E-state index contributed by atoms with van der Waals surface area (Å²) in [6.07, 6.45) is 6.91. The Hall–Kier alpha value is -1.49. The predicted molar refractivity (Wildman–Crippen MR) is 129 cm³/mol. The first-order valence-corrected chi connectivity index (χ1v) is 12.9. The van der Waals surface area contributed by atoms with Crippen LogP contribution in [0.4, 0.5) is 13.2 Å². The van der Waals surface area contributed by atoms with E-state index in [1.54, 1.807) is 12.1 Å². The zero-order valence-corrected chi connectivity index (χ0v) is 20.4. The third-order valence-electron chi connectivity index (χ3n) is 7.79. The second kappa shape index (κ2) is 11.8. The summed E-state index contributed by atoms with van der Waals surface area (Å²) in [6.45, 7) is 10.4. The smallest absolute Gasteiger partial charge is 0.416 e. The van der Waals surface area contributed by atoms with Gasteiger partial charge < -0.3 is 5.11 Å². The quantitative estimate of drug-likeness (QED) is 0.370. The molecule has 0 saturated heterocycles. The van der Waals surface area contributed by atoms with Crippen LogP contribution in [0.1, 0.15) is 95.1 Å². The molecule has 0 spiro atoms. The molecule has 3 rings (SSSR count). The minimum absolute atomic E-state index is 0.182. The Labute approximate surface area is 198 Å². The van der Waals surface area contributed by atoms with Gasteiger partial charge in [-0.25, -0.2) is 0 Å². The van der Waals surface area contributed by atoms with Crippen LogP contribution in [0.3, 0.4) is 0 Å². The van der Waals surface area contributed by atoms with E-state index in [2.05, 4.69) is 25.3 Å². The molecule has 2 fully saturated rings. The number of nitrogens with zero attached hydrogens (tertiary/aromatic N) is 1. The van der Waals surface area contributed by atoms with Gasteiger partial charge in [0.2, 0.25) is 0 Å². The fourth-order valence-corrected chi connectivity index (χ4v) is 5.99. The number of aliphatic hydroxyl groups excluding tert-OH is 1. The van der Waals surface area contributed by atoms with E-state index >= 15 is 0 Å². The zero-order chi connectivity index (χ0) is 24.0. The predicted octanol–water partition coefficient (Wildman–Crippen LogP) is 8.35. The second-order valence-electron chi connectivity index (χ2n) is 10.9. The van der Waals surface area contributed by atoms with E-state index < -0.39 is 11.7 Å². The number of hydrogen-bond acceptors (Lipinski definition) is 2. The van der Waals surface area contributed by atoms with Crippen molar-refractivity contribution >= 4 is 0 Å². The van der Waals surface area contributed by atoms with Crippen LogP contribution in [0.25, 0.3) is 0 Å². The summed E-state index contributed by atoms with van der Waals surface area (Å²) in [4.78, 5) is 2.68. The molecule has 0 heterocycles. The lowest BCUT2D eigenvalue weighted by atomic mass is 9.72. The number of alkyl halides is 3. The molecule has 5 heteroatoms. The summed E-state index contributed by atoms with van der Waals surface area (Å²) in [5, 5.41) is 9.79. The Morgan fingerprint density at radius 1 is 1.03 bits per heavy atom.